The van der Waals surface area contributed by atoms with Gasteiger partial charge in [-0.1, -0.05) is 52.8 Å². The number of aromatic amines is 1. The molecule has 2 amide bonds. The molecule has 0 aliphatic carbocycles. The van der Waals surface area contributed by atoms with Crippen LogP contribution in [0.5, 0.6) is 0 Å². The molecule has 1 unspecified atom stereocenters. The number of aromatic nitrogens is 8. The quantitative estimate of drug-likeness (QED) is 0.0571. The summed E-state index contributed by atoms with van der Waals surface area (Å²) >= 11 is 0. The van der Waals surface area contributed by atoms with Crippen molar-refractivity contribution in [1.29, 1.82) is 5.26 Å². The number of phosphoric ester groups is 1. The molecule has 7 heterocycles. The number of nitrogens with one attached hydrogen (secondary N) is 3. The van der Waals surface area contributed by atoms with Gasteiger partial charge in [0, 0.05) is 17.9 Å². The molecule has 3 aliphatic heterocycles. The van der Waals surface area contributed by atoms with Crippen molar-refractivity contribution in [1.82, 2.24) is 39.0 Å². The van der Waals surface area contributed by atoms with Gasteiger partial charge in [0.1, 0.15) is 36.3 Å². The third kappa shape index (κ3) is 9.33. The van der Waals surface area contributed by atoms with Gasteiger partial charge in [-0.15, -0.1) is 0 Å². The van der Waals surface area contributed by atoms with Gasteiger partial charge in [0.05, 0.1) is 51.6 Å². The number of aliphatic hydroxyl groups excluding tert-OH is 1. The summed E-state index contributed by atoms with van der Waals surface area (Å²) in [5.74, 6) is -1.20. The number of nitriles is 1. The Balaban J connectivity index is 1.09. The van der Waals surface area contributed by atoms with Gasteiger partial charge >= 0.3 is 7.82 Å². The van der Waals surface area contributed by atoms with Gasteiger partial charge in [-0.25, -0.2) is 24.5 Å². The minimum atomic E-state index is -4.77. The molecule has 1 aromatic carbocycles. The number of ether oxygens (including phenoxy) is 3. The highest BCUT2D eigenvalue weighted by molar-refractivity contribution is 7.48. The molecule has 4 aromatic heterocycles. The van der Waals surface area contributed by atoms with E-state index in [0.29, 0.717) is 16.7 Å². The fourth-order valence-electron chi connectivity index (χ4n) is 7.34. The van der Waals surface area contributed by atoms with Crippen LogP contribution in [0, 0.1) is 23.7 Å². The molecule has 8 rings (SSSR count). The maximum atomic E-state index is 15.1. The molecule has 2 bridgehead atoms. The second-order valence-corrected chi connectivity index (χ2v) is 24.3. The second-order valence-electron chi connectivity index (χ2n) is 17.9. The largest absolute Gasteiger partial charge is 0.475 e. The van der Waals surface area contributed by atoms with Crippen molar-refractivity contribution in [3.05, 3.63) is 71.7 Å². The number of nitrogens with zero attached hydrogens (tertiary/aromatic N) is 8. The Kier molecular flexibility index (Phi) is 13.2. The first-order chi connectivity index (χ1) is 31.3. The second kappa shape index (κ2) is 18.4. The molecule has 25 heteroatoms. The van der Waals surface area contributed by atoms with Crippen LogP contribution in [0.3, 0.4) is 0 Å². The van der Waals surface area contributed by atoms with Crippen molar-refractivity contribution in [2.24, 2.45) is 5.92 Å². The SMILES string of the molecule is CC(C)C(=O)Nc1nc2c(ncn2[C@@H]2O[C@H](CO)[C@@H](O[Si](C)(C)C(C)(C)C)[C@H]2OP(=O)(OCCC#N)OC[C@@]23[CH][C@@H](OC2)[C@H](n2cnc4c(NC(=O)c5ccccc5)ncnc42)O3)c(=O)[nH]1. The summed E-state index contributed by atoms with van der Waals surface area (Å²) in [5.41, 5.74) is -1.04. The lowest BCUT2D eigenvalue weighted by atomic mass is 10.0. The topological polar surface area (TPSA) is 291 Å². The molecule has 23 nitrogen and oxygen atoms in total. The minimum Gasteiger partial charge on any atom is -0.408 e. The summed E-state index contributed by atoms with van der Waals surface area (Å²) < 4.78 is 62.4. The molecule has 3 saturated heterocycles. The number of amides is 2. The third-order valence-corrected chi connectivity index (χ3v) is 17.8. The van der Waals surface area contributed by atoms with Crippen LogP contribution in [0.4, 0.5) is 11.8 Å². The van der Waals surface area contributed by atoms with E-state index in [1.54, 1.807) is 55.2 Å². The fraction of sp³-hybridized carbons (Fsp3) is 0.512. The highest BCUT2D eigenvalue weighted by Crippen LogP contribution is 2.57. The highest BCUT2D eigenvalue weighted by Gasteiger charge is 2.58. The van der Waals surface area contributed by atoms with Crippen LogP contribution < -0.4 is 16.2 Å². The van der Waals surface area contributed by atoms with E-state index in [1.165, 1.54) is 23.5 Å². The van der Waals surface area contributed by atoms with Gasteiger partial charge in [0.15, 0.2) is 48.9 Å². The molecule has 351 valence electrons. The van der Waals surface area contributed by atoms with Gasteiger partial charge in [-0.3, -0.25) is 47.4 Å². The number of hydrogen-bond donors (Lipinski definition) is 4. The number of anilines is 2. The Bertz CT molecular complexity index is 2760. The van der Waals surface area contributed by atoms with Gasteiger partial charge in [0.2, 0.25) is 11.9 Å². The average Bonchev–Trinajstić information content (AvgIpc) is 4.12. The number of fused-ring (bicyclic) bond motifs is 4. The van der Waals surface area contributed by atoms with Crippen LogP contribution in [-0.4, -0.2) is 121 Å². The smallest absolute Gasteiger partial charge is 0.408 e. The normalized spacial score (nSPS) is 25.1. The first-order valence-electron chi connectivity index (χ1n) is 21.2. The molecule has 3 aliphatic rings. The van der Waals surface area contributed by atoms with Gasteiger partial charge in [-0.2, -0.15) is 10.2 Å². The van der Waals surface area contributed by atoms with E-state index in [1.807, 2.05) is 39.9 Å². The number of aliphatic hydroxyl groups is 1. The van der Waals surface area contributed by atoms with Crippen LogP contribution >= 0.6 is 7.82 Å². The van der Waals surface area contributed by atoms with Crippen molar-refractivity contribution in [3.63, 3.8) is 0 Å². The summed E-state index contributed by atoms with van der Waals surface area (Å²) in [4.78, 5) is 63.2. The van der Waals surface area contributed by atoms with Gasteiger partial charge in [-0.05, 0) is 30.3 Å². The molecule has 1 radical (unpaired) electrons. The van der Waals surface area contributed by atoms with E-state index in [4.69, 9.17) is 32.2 Å². The lowest BCUT2D eigenvalue weighted by Gasteiger charge is -2.40. The lowest BCUT2D eigenvalue weighted by molar-refractivity contribution is -0.181. The molecule has 5 aromatic rings. The molecule has 0 spiro atoms. The molecular formula is C41H51N11O12PSi. The zero-order valence-corrected chi connectivity index (χ0v) is 39.1. The zero-order valence-electron chi connectivity index (χ0n) is 37.2. The number of imidazole rings is 2. The van der Waals surface area contributed by atoms with E-state index in [9.17, 15) is 24.8 Å². The monoisotopic (exact) mass is 948 g/mol. The standard InChI is InChI=1S/C41H51N11O12PSi/c1-23(2)34(54)49-39-48-33-28(36(56)50-39)46-22-52(33)38-30(29(26(17-53)61-38)64-66(6,7)40(3,4)5)63-65(57,59-15-11-14-42)60-19-41-16-25(58-18-41)37(62-41)51-21-45-27-31(43-20-44-32(27)51)47-35(55)24-12-9-8-10-13-24/h8-10,12-13,16,20-23,25-26,29-30,37-38,53H,11,15,17-19H2,1-7H3,(H,43,44,47,55)(H2,48,49,50,54,56)/t25-,26-,29-,30-,37-,38-,41-,65?/m1/s1. The number of hydrogen-bond acceptors (Lipinski definition) is 18. The Morgan fingerprint density at radius 1 is 1.05 bits per heavy atom. The highest BCUT2D eigenvalue weighted by atomic mass is 31.2. The molecule has 8 atom stereocenters. The number of rotatable bonds is 17. The summed E-state index contributed by atoms with van der Waals surface area (Å²) in [6.45, 7) is 12.0. The lowest BCUT2D eigenvalue weighted by Crippen LogP contribution is -2.50. The molecule has 3 fully saturated rings. The van der Waals surface area contributed by atoms with Crippen molar-refractivity contribution < 1.29 is 51.5 Å². The van der Waals surface area contributed by atoms with Crippen LogP contribution in [0.15, 0.2) is 54.1 Å². The maximum Gasteiger partial charge on any atom is 0.475 e. The van der Waals surface area contributed by atoms with Crippen molar-refractivity contribution in [2.45, 2.75) is 102 Å². The third-order valence-electron chi connectivity index (χ3n) is 11.9. The fourth-order valence-corrected chi connectivity index (χ4v) is 10.1. The Morgan fingerprint density at radius 2 is 1.77 bits per heavy atom. The van der Waals surface area contributed by atoms with Crippen molar-refractivity contribution in [3.8, 4) is 6.07 Å². The number of phosphoric acid groups is 1. The van der Waals surface area contributed by atoms with Crippen LogP contribution in [-0.2, 0) is 41.6 Å². The van der Waals surface area contributed by atoms with Gasteiger partial charge < -0.3 is 29.1 Å². The van der Waals surface area contributed by atoms with Crippen LogP contribution in [0.1, 0.15) is 63.9 Å². The van der Waals surface area contributed by atoms with E-state index in [2.05, 4.69) is 40.5 Å². The van der Waals surface area contributed by atoms with E-state index in [0.717, 1.165) is 0 Å². The number of carbonyl (C=O) groups is 2. The first kappa shape index (κ1) is 47.2. The summed E-state index contributed by atoms with van der Waals surface area (Å²) in [6, 6.07) is 10.6. The van der Waals surface area contributed by atoms with E-state index < -0.39 is 89.2 Å². The van der Waals surface area contributed by atoms with Crippen LogP contribution in [0.2, 0.25) is 18.1 Å². The summed E-state index contributed by atoms with van der Waals surface area (Å²) in [7, 11) is -7.51. The minimum absolute atomic E-state index is 0.0118. The Morgan fingerprint density at radius 3 is 2.47 bits per heavy atom. The molecule has 4 N–H and O–H groups in total. The summed E-state index contributed by atoms with van der Waals surface area (Å²) in [5, 5.41) is 25.2. The molecular weight excluding hydrogens is 898 g/mol. The predicted octanol–water partition coefficient (Wildman–Crippen LogP) is 4.40. The first-order valence-corrected chi connectivity index (χ1v) is 25.6. The number of carbonyl (C=O) groups excluding carboxylic acids is 2. The van der Waals surface area contributed by atoms with Crippen molar-refractivity contribution >= 4 is 62.0 Å². The predicted molar refractivity (Wildman–Crippen MR) is 236 cm³/mol. The number of benzene rings is 1. The summed E-state index contributed by atoms with van der Waals surface area (Å²) in [6.07, 6.45) is -0.755. The number of H-pyrrole nitrogens is 1. The Hall–Kier alpha value is -5.32. The maximum absolute atomic E-state index is 15.1. The average molecular weight is 949 g/mol. The van der Waals surface area contributed by atoms with Crippen molar-refractivity contribution in [2.75, 3.05) is 37.1 Å². The zero-order chi connectivity index (χ0) is 47.2. The van der Waals surface area contributed by atoms with Gasteiger partial charge in [0.25, 0.3) is 11.5 Å². The molecule has 66 heavy (non-hydrogen) atoms. The Labute approximate surface area is 379 Å². The van der Waals surface area contributed by atoms with E-state index in [-0.39, 0.29) is 53.5 Å². The van der Waals surface area contributed by atoms with Crippen LogP contribution in [0.25, 0.3) is 22.3 Å². The van der Waals surface area contributed by atoms with E-state index >= 15 is 4.57 Å². The molecule has 0 saturated carbocycles.